The summed E-state index contributed by atoms with van der Waals surface area (Å²) in [6.45, 7) is 4.26. The normalized spacial score (nSPS) is 15.3. The summed E-state index contributed by atoms with van der Waals surface area (Å²) in [5.41, 5.74) is 2.44. The zero-order chi connectivity index (χ0) is 22.2. The highest BCUT2D eigenvalue weighted by Gasteiger charge is 2.30. The van der Waals surface area contributed by atoms with Crippen molar-refractivity contribution in [1.29, 1.82) is 0 Å². The molecule has 0 aliphatic heterocycles. The zero-order valence-corrected chi connectivity index (χ0v) is 18.6. The number of carbonyl (C=O) groups excluding carboxylic acids is 2. The number of benzene rings is 2. The quantitative estimate of drug-likeness (QED) is 0.653. The summed E-state index contributed by atoms with van der Waals surface area (Å²) in [7, 11) is 0. The van der Waals surface area contributed by atoms with E-state index in [-0.39, 0.29) is 24.3 Å². The summed E-state index contributed by atoms with van der Waals surface area (Å²) in [5, 5.41) is 3.17. The van der Waals surface area contributed by atoms with Gasteiger partial charge in [0.15, 0.2) is 0 Å². The van der Waals surface area contributed by atoms with Crippen LogP contribution in [0.2, 0.25) is 0 Å². The Kier molecular flexibility index (Phi) is 8.21. The molecule has 4 nitrogen and oxygen atoms in total. The summed E-state index contributed by atoms with van der Waals surface area (Å²) in [4.78, 5) is 28.1. The van der Waals surface area contributed by atoms with E-state index in [0.29, 0.717) is 18.5 Å². The standard InChI is InChI=1S/C26H33FN2O2/c1-3-24(26(31)28-22-10-5-4-6-11-22)29(18-20-15-13-19(2)14-16-20)25(30)17-21-9-7-8-12-23(21)27/h7-9,12-16,22,24H,3-6,10-11,17-18H2,1-2H3,(H,28,31)/t24-/m0/s1. The van der Waals surface area contributed by atoms with Crippen LogP contribution in [0.1, 0.15) is 62.1 Å². The van der Waals surface area contributed by atoms with E-state index in [4.69, 9.17) is 0 Å². The Bertz CT molecular complexity index is 875. The van der Waals surface area contributed by atoms with Gasteiger partial charge in [-0.2, -0.15) is 0 Å². The van der Waals surface area contributed by atoms with E-state index in [1.165, 1.54) is 12.5 Å². The van der Waals surface area contributed by atoms with Gasteiger partial charge in [-0.25, -0.2) is 4.39 Å². The van der Waals surface area contributed by atoms with Gasteiger partial charge in [-0.15, -0.1) is 0 Å². The maximum Gasteiger partial charge on any atom is 0.243 e. The van der Waals surface area contributed by atoms with Gasteiger partial charge in [0.1, 0.15) is 11.9 Å². The first-order valence-electron chi connectivity index (χ1n) is 11.4. The van der Waals surface area contributed by atoms with Crippen molar-refractivity contribution >= 4 is 11.8 Å². The van der Waals surface area contributed by atoms with E-state index in [1.807, 2.05) is 38.1 Å². The summed E-state index contributed by atoms with van der Waals surface area (Å²) < 4.78 is 14.2. The predicted molar refractivity (Wildman–Crippen MR) is 121 cm³/mol. The van der Waals surface area contributed by atoms with Crippen molar-refractivity contribution < 1.29 is 14.0 Å². The summed E-state index contributed by atoms with van der Waals surface area (Å²) >= 11 is 0. The fourth-order valence-electron chi connectivity index (χ4n) is 4.26. The molecule has 2 aromatic carbocycles. The molecule has 0 aromatic heterocycles. The van der Waals surface area contributed by atoms with Crippen molar-refractivity contribution in [3.8, 4) is 0 Å². The highest BCUT2D eigenvalue weighted by Crippen LogP contribution is 2.20. The van der Waals surface area contributed by atoms with E-state index in [0.717, 1.165) is 36.8 Å². The average Bonchev–Trinajstić information content (AvgIpc) is 2.77. The minimum Gasteiger partial charge on any atom is -0.352 e. The van der Waals surface area contributed by atoms with Gasteiger partial charge in [0.05, 0.1) is 6.42 Å². The summed E-state index contributed by atoms with van der Waals surface area (Å²) in [6.07, 6.45) is 5.89. The Morgan fingerprint density at radius 3 is 2.39 bits per heavy atom. The Morgan fingerprint density at radius 1 is 1.06 bits per heavy atom. The van der Waals surface area contributed by atoms with E-state index in [2.05, 4.69) is 5.32 Å². The number of carbonyl (C=O) groups is 2. The molecule has 1 fully saturated rings. The first-order valence-corrected chi connectivity index (χ1v) is 11.4. The third-order valence-corrected chi connectivity index (χ3v) is 6.11. The average molecular weight is 425 g/mol. The predicted octanol–water partition coefficient (Wildman–Crippen LogP) is 4.93. The molecule has 2 amide bonds. The first kappa shape index (κ1) is 23.0. The lowest BCUT2D eigenvalue weighted by Crippen LogP contribution is -2.52. The highest BCUT2D eigenvalue weighted by atomic mass is 19.1. The molecule has 0 saturated heterocycles. The molecule has 0 bridgehead atoms. The molecule has 3 rings (SSSR count). The summed E-state index contributed by atoms with van der Waals surface area (Å²) in [5.74, 6) is -0.745. The van der Waals surface area contributed by atoms with Gasteiger partial charge < -0.3 is 10.2 Å². The summed E-state index contributed by atoms with van der Waals surface area (Å²) in [6, 6.07) is 13.9. The number of rotatable bonds is 8. The van der Waals surface area contributed by atoms with Crippen molar-refractivity contribution in [2.45, 2.75) is 77.4 Å². The number of nitrogens with one attached hydrogen (secondary N) is 1. The van der Waals surface area contributed by atoms with Gasteiger partial charge in [-0.1, -0.05) is 74.2 Å². The molecule has 1 aliphatic carbocycles. The number of amides is 2. The molecule has 0 spiro atoms. The van der Waals surface area contributed by atoms with Crippen LogP contribution in [0, 0.1) is 12.7 Å². The van der Waals surface area contributed by atoms with Crippen molar-refractivity contribution in [2.24, 2.45) is 0 Å². The van der Waals surface area contributed by atoms with Crippen molar-refractivity contribution in [2.75, 3.05) is 0 Å². The third-order valence-electron chi connectivity index (χ3n) is 6.11. The molecule has 1 N–H and O–H groups in total. The zero-order valence-electron chi connectivity index (χ0n) is 18.6. The van der Waals surface area contributed by atoms with Crippen LogP contribution in [-0.2, 0) is 22.6 Å². The number of hydrogen-bond acceptors (Lipinski definition) is 2. The van der Waals surface area contributed by atoms with E-state index in [9.17, 15) is 14.0 Å². The minimum absolute atomic E-state index is 0.0637. The smallest absolute Gasteiger partial charge is 0.243 e. The van der Waals surface area contributed by atoms with Crippen LogP contribution in [-0.4, -0.2) is 28.8 Å². The lowest BCUT2D eigenvalue weighted by molar-refractivity contribution is -0.141. The Hall–Kier alpha value is -2.69. The third kappa shape index (κ3) is 6.39. The lowest BCUT2D eigenvalue weighted by atomic mass is 9.95. The molecule has 1 saturated carbocycles. The van der Waals surface area contributed by atoms with Crippen molar-refractivity contribution in [1.82, 2.24) is 10.2 Å². The second kappa shape index (κ2) is 11.1. The van der Waals surface area contributed by atoms with Crippen LogP contribution in [0.15, 0.2) is 48.5 Å². The maximum atomic E-state index is 14.2. The second-order valence-electron chi connectivity index (χ2n) is 8.54. The molecule has 0 unspecified atom stereocenters. The van der Waals surface area contributed by atoms with Crippen LogP contribution in [0.3, 0.4) is 0 Å². The Balaban J connectivity index is 1.81. The minimum atomic E-state index is -0.581. The molecule has 1 aliphatic rings. The molecular weight excluding hydrogens is 391 g/mol. The number of nitrogens with zero attached hydrogens (tertiary/aromatic N) is 1. The molecule has 0 radical (unpaired) electrons. The van der Waals surface area contributed by atoms with Gasteiger partial charge in [-0.3, -0.25) is 9.59 Å². The number of hydrogen-bond donors (Lipinski definition) is 1. The number of aryl methyl sites for hydroxylation is 1. The molecule has 0 heterocycles. The van der Waals surface area contributed by atoms with Gasteiger partial charge in [-0.05, 0) is 43.4 Å². The topological polar surface area (TPSA) is 49.4 Å². The van der Waals surface area contributed by atoms with E-state index >= 15 is 0 Å². The van der Waals surface area contributed by atoms with Crippen LogP contribution >= 0.6 is 0 Å². The molecule has 166 valence electrons. The SMILES string of the molecule is CC[C@@H](C(=O)NC1CCCCC1)N(Cc1ccc(C)cc1)C(=O)Cc1ccccc1F. The molecule has 1 atom stereocenters. The second-order valence-corrected chi connectivity index (χ2v) is 8.54. The van der Waals surface area contributed by atoms with Gasteiger partial charge in [0, 0.05) is 12.6 Å². The van der Waals surface area contributed by atoms with Crippen LogP contribution < -0.4 is 5.32 Å². The molecular formula is C26H33FN2O2. The van der Waals surface area contributed by atoms with Crippen molar-refractivity contribution in [3.05, 3.63) is 71.0 Å². The van der Waals surface area contributed by atoms with Crippen LogP contribution in [0.5, 0.6) is 0 Å². The van der Waals surface area contributed by atoms with Crippen LogP contribution in [0.4, 0.5) is 4.39 Å². The Morgan fingerprint density at radius 2 is 1.74 bits per heavy atom. The van der Waals surface area contributed by atoms with E-state index < -0.39 is 11.9 Å². The fraction of sp³-hybridized carbons (Fsp3) is 0.462. The van der Waals surface area contributed by atoms with Gasteiger partial charge in [0.2, 0.25) is 11.8 Å². The Labute approximate surface area is 184 Å². The monoisotopic (exact) mass is 424 g/mol. The van der Waals surface area contributed by atoms with Gasteiger partial charge >= 0.3 is 0 Å². The van der Waals surface area contributed by atoms with E-state index in [1.54, 1.807) is 23.1 Å². The molecule has 31 heavy (non-hydrogen) atoms. The lowest BCUT2D eigenvalue weighted by Gasteiger charge is -2.33. The molecule has 5 heteroatoms. The van der Waals surface area contributed by atoms with Gasteiger partial charge in [0.25, 0.3) is 0 Å². The van der Waals surface area contributed by atoms with Crippen LogP contribution in [0.25, 0.3) is 0 Å². The fourth-order valence-corrected chi connectivity index (χ4v) is 4.26. The largest absolute Gasteiger partial charge is 0.352 e. The number of halogens is 1. The maximum absolute atomic E-state index is 14.2. The van der Waals surface area contributed by atoms with Crippen molar-refractivity contribution in [3.63, 3.8) is 0 Å². The highest BCUT2D eigenvalue weighted by molar-refractivity contribution is 5.88. The molecule has 2 aromatic rings. The first-order chi connectivity index (χ1) is 15.0.